The lowest BCUT2D eigenvalue weighted by Gasteiger charge is -2.18. The van der Waals surface area contributed by atoms with E-state index in [0.717, 1.165) is 25.0 Å². The Bertz CT molecular complexity index is 383. The molecule has 1 rings (SSSR count). The molecule has 0 saturated heterocycles. The van der Waals surface area contributed by atoms with Crippen molar-refractivity contribution in [3.8, 4) is 5.75 Å². The van der Waals surface area contributed by atoms with Crippen molar-refractivity contribution in [2.45, 2.75) is 26.2 Å². The first-order valence-electron chi connectivity index (χ1n) is 6.25. The van der Waals surface area contributed by atoms with Crippen molar-refractivity contribution >= 4 is 11.8 Å². The number of aryl methyl sites for hydroxylation is 1. The molecule has 18 heavy (non-hydrogen) atoms. The molecule has 0 aliphatic rings. The van der Waals surface area contributed by atoms with Crippen LogP contribution in [0.2, 0.25) is 0 Å². The summed E-state index contributed by atoms with van der Waals surface area (Å²) in [6.07, 6.45) is 2.99. The van der Waals surface area contributed by atoms with E-state index in [2.05, 4.69) is 16.9 Å². The van der Waals surface area contributed by atoms with Crippen LogP contribution in [0.4, 0.5) is 11.8 Å². The molecule has 0 saturated carbocycles. The number of unbranched alkanes of at least 4 members (excludes halogenated alkanes) is 1. The van der Waals surface area contributed by atoms with Gasteiger partial charge in [-0.15, -0.1) is 0 Å². The predicted molar refractivity (Wildman–Crippen MR) is 73.9 cm³/mol. The average molecular weight is 253 g/mol. The molecule has 1 aromatic heterocycles. The SMILES string of the molecule is CCCCc1nc(N(C)CCN)nc(N)c1OC. The molecule has 0 amide bonds. The molecule has 0 unspecified atom stereocenters. The second kappa shape index (κ2) is 7.00. The van der Waals surface area contributed by atoms with Crippen molar-refractivity contribution in [2.75, 3.05) is 37.9 Å². The number of nitrogen functional groups attached to an aromatic ring is 1. The van der Waals surface area contributed by atoms with Gasteiger partial charge in [0.05, 0.1) is 12.8 Å². The summed E-state index contributed by atoms with van der Waals surface area (Å²) in [6, 6.07) is 0. The molecule has 1 heterocycles. The molecule has 0 aliphatic carbocycles. The number of likely N-dealkylation sites (N-methyl/N-ethyl adjacent to an activating group) is 1. The Hall–Kier alpha value is -1.56. The van der Waals surface area contributed by atoms with Gasteiger partial charge in [0, 0.05) is 20.1 Å². The number of nitrogens with two attached hydrogens (primary N) is 2. The molecule has 6 heteroatoms. The minimum atomic E-state index is 0.387. The highest BCUT2D eigenvalue weighted by molar-refractivity contribution is 5.53. The van der Waals surface area contributed by atoms with Crippen LogP contribution in [0.3, 0.4) is 0 Å². The van der Waals surface area contributed by atoms with Crippen LogP contribution >= 0.6 is 0 Å². The van der Waals surface area contributed by atoms with Gasteiger partial charge in [0.15, 0.2) is 11.6 Å². The molecule has 1 aromatic rings. The van der Waals surface area contributed by atoms with Gasteiger partial charge < -0.3 is 21.1 Å². The molecule has 0 atom stereocenters. The summed E-state index contributed by atoms with van der Waals surface area (Å²) >= 11 is 0. The Morgan fingerprint density at radius 3 is 2.61 bits per heavy atom. The number of hydrogen-bond donors (Lipinski definition) is 2. The standard InChI is InChI=1S/C12H23N5O/c1-4-5-6-9-10(18-3)11(14)16-12(15-9)17(2)8-7-13/h4-8,13H2,1-3H3,(H2,14,15,16). The van der Waals surface area contributed by atoms with Crippen molar-refractivity contribution < 1.29 is 4.74 Å². The molecule has 0 spiro atoms. The van der Waals surface area contributed by atoms with Crippen molar-refractivity contribution in [1.82, 2.24) is 9.97 Å². The van der Waals surface area contributed by atoms with Crippen LogP contribution in [0.25, 0.3) is 0 Å². The molecule has 6 nitrogen and oxygen atoms in total. The van der Waals surface area contributed by atoms with Crippen LogP contribution in [-0.2, 0) is 6.42 Å². The molecule has 0 radical (unpaired) electrons. The first-order valence-corrected chi connectivity index (χ1v) is 6.25. The summed E-state index contributed by atoms with van der Waals surface area (Å²) in [5.74, 6) is 1.58. The summed E-state index contributed by atoms with van der Waals surface area (Å²) < 4.78 is 5.27. The quantitative estimate of drug-likeness (QED) is 0.747. The second-order valence-electron chi connectivity index (χ2n) is 4.20. The maximum atomic E-state index is 5.90. The van der Waals surface area contributed by atoms with Gasteiger partial charge in [-0.05, 0) is 12.8 Å². The number of hydrogen-bond acceptors (Lipinski definition) is 6. The first-order chi connectivity index (χ1) is 8.63. The summed E-state index contributed by atoms with van der Waals surface area (Å²) in [7, 11) is 3.49. The largest absolute Gasteiger partial charge is 0.491 e. The lowest BCUT2D eigenvalue weighted by atomic mass is 10.2. The number of methoxy groups -OCH3 is 1. The van der Waals surface area contributed by atoms with Crippen LogP contribution in [0.5, 0.6) is 5.75 Å². The van der Waals surface area contributed by atoms with Gasteiger partial charge in [-0.2, -0.15) is 4.98 Å². The van der Waals surface area contributed by atoms with E-state index in [-0.39, 0.29) is 0 Å². The Kier molecular flexibility index (Phi) is 5.64. The minimum absolute atomic E-state index is 0.387. The molecular weight excluding hydrogens is 230 g/mol. The van der Waals surface area contributed by atoms with Crippen LogP contribution < -0.4 is 21.1 Å². The maximum Gasteiger partial charge on any atom is 0.227 e. The molecule has 4 N–H and O–H groups in total. The molecule has 102 valence electrons. The van der Waals surface area contributed by atoms with E-state index >= 15 is 0 Å². The molecule has 0 bridgehead atoms. The van der Waals surface area contributed by atoms with Gasteiger partial charge in [0.1, 0.15) is 0 Å². The highest BCUT2D eigenvalue weighted by Crippen LogP contribution is 2.26. The first kappa shape index (κ1) is 14.5. The lowest BCUT2D eigenvalue weighted by molar-refractivity contribution is 0.406. The van der Waals surface area contributed by atoms with Gasteiger partial charge in [0.2, 0.25) is 5.95 Å². The van der Waals surface area contributed by atoms with Crippen LogP contribution in [0, 0.1) is 0 Å². The maximum absolute atomic E-state index is 5.90. The van der Waals surface area contributed by atoms with Crippen LogP contribution in [0.15, 0.2) is 0 Å². The Balaban J connectivity index is 3.04. The van der Waals surface area contributed by atoms with E-state index in [9.17, 15) is 0 Å². The summed E-state index contributed by atoms with van der Waals surface area (Å²) in [6.45, 7) is 3.38. The van der Waals surface area contributed by atoms with E-state index in [4.69, 9.17) is 16.2 Å². The van der Waals surface area contributed by atoms with E-state index in [1.165, 1.54) is 0 Å². The van der Waals surface area contributed by atoms with E-state index in [1.54, 1.807) is 7.11 Å². The minimum Gasteiger partial charge on any atom is -0.491 e. The summed E-state index contributed by atoms with van der Waals surface area (Å²) in [5.41, 5.74) is 12.3. The zero-order valence-electron chi connectivity index (χ0n) is 11.4. The highest BCUT2D eigenvalue weighted by atomic mass is 16.5. The van der Waals surface area contributed by atoms with Crippen molar-refractivity contribution in [1.29, 1.82) is 0 Å². The van der Waals surface area contributed by atoms with Gasteiger partial charge >= 0.3 is 0 Å². The fourth-order valence-electron chi connectivity index (χ4n) is 1.70. The molecule has 0 aromatic carbocycles. The Morgan fingerprint density at radius 2 is 2.06 bits per heavy atom. The van der Waals surface area contributed by atoms with Gasteiger partial charge in [0.25, 0.3) is 0 Å². The lowest BCUT2D eigenvalue weighted by Crippen LogP contribution is -2.27. The highest BCUT2D eigenvalue weighted by Gasteiger charge is 2.14. The fraction of sp³-hybridized carbons (Fsp3) is 0.667. The third-order valence-electron chi connectivity index (χ3n) is 2.73. The Labute approximate surface area is 108 Å². The second-order valence-corrected chi connectivity index (χ2v) is 4.20. The normalized spacial score (nSPS) is 10.4. The predicted octanol–water partition coefficient (Wildman–Crippen LogP) is 0.805. The molecular formula is C12H23N5O. The van der Waals surface area contributed by atoms with Gasteiger partial charge in [-0.25, -0.2) is 4.98 Å². The third kappa shape index (κ3) is 3.46. The fourth-order valence-corrected chi connectivity index (χ4v) is 1.70. The molecule has 0 aliphatic heterocycles. The topological polar surface area (TPSA) is 90.3 Å². The molecule has 0 fully saturated rings. The smallest absolute Gasteiger partial charge is 0.227 e. The number of nitrogens with zero attached hydrogens (tertiary/aromatic N) is 3. The van der Waals surface area contributed by atoms with Crippen LogP contribution in [0.1, 0.15) is 25.5 Å². The zero-order chi connectivity index (χ0) is 13.5. The number of ether oxygens (including phenoxy) is 1. The number of rotatable bonds is 7. The van der Waals surface area contributed by atoms with Crippen molar-refractivity contribution in [2.24, 2.45) is 5.73 Å². The monoisotopic (exact) mass is 253 g/mol. The van der Waals surface area contributed by atoms with E-state index in [0.29, 0.717) is 30.6 Å². The average Bonchev–Trinajstić information content (AvgIpc) is 2.36. The summed E-state index contributed by atoms with van der Waals surface area (Å²) in [4.78, 5) is 10.7. The van der Waals surface area contributed by atoms with Gasteiger partial charge in [-0.3, -0.25) is 0 Å². The number of aromatic nitrogens is 2. The van der Waals surface area contributed by atoms with Crippen molar-refractivity contribution in [3.63, 3.8) is 0 Å². The van der Waals surface area contributed by atoms with E-state index in [1.807, 2.05) is 11.9 Å². The van der Waals surface area contributed by atoms with Crippen LogP contribution in [-0.4, -0.2) is 37.2 Å². The Morgan fingerprint density at radius 1 is 1.33 bits per heavy atom. The third-order valence-corrected chi connectivity index (χ3v) is 2.73. The van der Waals surface area contributed by atoms with Crippen molar-refractivity contribution in [3.05, 3.63) is 5.69 Å². The number of anilines is 2. The zero-order valence-corrected chi connectivity index (χ0v) is 11.4. The van der Waals surface area contributed by atoms with Gasteiger partial charge in [-0.1, -0.05) is 13.3 Å². The van der Waals surface area contributed by atoms with E-state index < -0.39 is 0 Å². The summed E-state index contributed by atoms with van der Waals surface area (Å²) in [5, 5.41) is 0.